The first kappa shape index (κ1) is 27.1. The van der Waals surface area contributed by atoms with Crippen LogP contribution in [0.3, 0.4) is 0 Å². The van der Waals surface area contributed by atoms with Crippen molar-refractivity contribution in [3.8, 4) is 0 Å². The summed E-state index contributed by atoms with van der Waals surface area (Å²) in [5.74, 6) is -0.109. The topological polar surface area (TPSA) is 60.9 Å². The Kier molecular flexibility index (Phi) is 8.62. The Labute approximate surface area is 225 Å². The van der Waals surface area contributed by atoms with Gasteiger partial charge in [-0.1, -0.05) is 64.1 Å². The first-order valence-electron chi connectivity index (χ1n) is 13.4. The minimum Gasteiger partial charge on any atom is -0.303 e. The summed E-state index contributed by atoms with van der Waals surface area (Å²) < 4.78 is 0. The maximum Gasteiger partial charge on any atom is 0.256 e. The molecule has 1 fully saturated rings. The highest BCUT2D eigenvalue weighted by Gasteiger charge is 2.33. The van der Waals surface area contributed by atoms with Crippen molar-refractivity contribution in [1.82, 2.24) is 14.7 Å². The molecule has 3 aromatic carbocycles. The van der Waals surface area contributed by atoms with Gasteiger partial charge in [0, 0.05) is 16.7 Å². The van der Waals surface area contributed by atoms with Crippen LogP contribution in [0.25, 0.3) is 0 Å². The first-order chi connectivity index (χ1) is 18.3. The highest BCUT2D eigenvalue weighted by molar-refractivity contribution is 5.98. The largest absolute Gasteiger partial charge is 0.303 e. The van der Waals surface area contributed by atoms with Gasteiger partial charge in [-0.3, -0.25) is 14.4 Å². The van der Waals surface area contributed by atoms with Gasteiger partial charge in [0.1, 0.15) is 0 Å². The number of carbonyl (C=O) groups excluding carboxylic acids is 3. The molecule has 0 atom stereocenters. The van der Waals surface area contributed by atoms with Gasteiger partial charge in [0.2, 0.25) is 0 Å². The molecule has 0 aromatic heterocycles. The Morgan fingerprint density at radius 1 is 0.553 bits per heavy atom. The Morgan fingerprint density at radius 2 is 0.842 bits per heavy atom. The summed E-state index contributed by atoms with van der Waals surface area (Å²) in [6, 6.07) is 22.6. The summed E-state index contributed by atoms with van der Waals surface area (Å²) in [5, 5.41) is 0. The number of hydrogen-bond acceptors (Lipinski definition) is 3. The standard InChI is InChI=1S/C32H37N3O3/c1-5-24-7-13-27(14-8-24)30(36)33-20-34(31(37)28-15-9-25(6-2)10-16-28)22-35(21-33)32(38)29-17-11-26(12-18-29)19-23(3)4/h7-18,23H,5-6,19-22H2,1-4H3. The Bertz CT molecular complexity index is 1200. The number of amides is 3. The van der Waals surface area contributed by atoms with Crippen LogP contribution in [0.1, 0.15) is 75.5 Å². The van der Waals surface area contributed by atoms with Crippen molar-refractivity contribution < 1.29 is 14.4 Å². The lowest BCUT2D eigenvalue weighted by Gasteiger charge is -2.42. The lowest BCUT2D eigenvalue weighted by atomic mass is 10.0. The Hall–Kier alpha value is -3.93. The van der Waals surface area contributed by atoms with Crippen LogP contribution in [-0.4, -0.2) is 52.4 Å². The van der Waals surface area contributed by atoms with Crippen LogP contribution in [0.4, 0.5) is 0 Å². The molecule has 0 bridgehead atoms. The molecule has 0 aliphatic carbocycles. The van der Waals surface area contributed by atoms with Gasteiger partial charge < -0.3 is 14.7 Å². The van der Waals surface area contributed by atoms with Crippen molar-refractivity contribution in [2.24, 2.45) is 5.92 Å². The summed E-state index contributed by atoms with van der Waals surface area (Å²) in [6.07, 6.45) is 2.71. The third kappa shape index (κ3) is 6.31. The highest BCUT2D eigenvalue weighted by Crippen LogP contribution is 2.19. The van der Waals surface area contributed by atoms with E-state index in [1.807, 2.05) is 72.8 Å². The van der Waals surface area contributed by atoms with Gasteiger partial charge in [-0.25, -0.2) is 0 Å². The quantitative estimate of drug-likeness (QED) is 0.414. The van der Waals surface area contributed by atoms with E-state index >= 15 is 0 Å². The second-order valence-corrected chi connectivity index (χ2v) is 10.4. The fraction of sp³-hybridized carbons (Fsp3) is 0.344. The first-order valence-corrected chi connectivity index (χ1v) is 13.4. The lowest BCUT2D eigenvalue weighted by Crippen LogP contribution is -2.59. The van der Waals surface area contributed by atoms with Crippen molar-refractivity contribution >= 4 is 17.7 Å². The average molecular weight is 512 g/mol. The van der Waals surface area contributed by atoms with E-state index in [4.69, 9.17) is 0 Å². The second kappa shape index (κ2) is 12.1. The van der Waals surface area contributed by atoms with Crippen molar-refractivity contribution in [1.29, 1.82) is 0 Å². The normalized spacial score (nSPS) is 13.7. The van der Waals surface area contributed by atoms with Crippen LogP contribution in [0, 0.1) is 5.92 Å². The minimum atomic E-state index is -0.212. The van der Waals surface area contributed by atoms with E-state index in [9.17, 15) is 14.4 Å². The lowest BCUT2D eigenvalue weighted by molar-refractivity contribution is -0.00612. The maximum absolute atomic E-state index is 13.6. The van der Waals surface area contributed by atoms with E-state index in [2.05, 4.69) is 27.7 Å². The van der Waals surface area contributed by atoms with E-state index in [0.29, 0.717) is 22.6 Å². The van der Waals surface area contributed by atoms with Gasteiger partial charge >= 0.3 is 0 Å². The fourth-order valence-electron chi connectivity index (χ4n) is 4.71. The molecule has 3 amide bonds. The number of nitrogens with zero attached hydrogens (tertiary/aromatic N) is 3. The second-order valence-electron chi connectivity index (χ2n) is 10.4. The van der Waals surface area contributed by atoms with Gasteiger partial charge in [0.25, 0.3) is 17.7 Å². The molecule has 3 aromatic rings. The Morgan fingerprint density at radius 3 is 1.11 bits per heavy atom. The predicted octanol–water partition coefficient (Wildman–Crippen LogP) is 5.62. The number of carbonyl (C=O) groups is 3. The zero-order valence-electron chi connectivity index (χ0n) is 22.8. The minimum absolute atomic E-state index is 0.111. The maximum atomic E-state index is 13.6. The highest BCUT2D eigenvalue weighted by atomic mass is 16.2. The molecule has 0 saturated carbocycles. The number of aryl methyl sites for hydroxylation is 2. The van der Waals surface area contributed by atoms with Crippen molar-refractivity contribution in [3.63, 3.8) is 0 Å². The molecule has 6 heteroatoms. The molecular weight excluding hydrogens is 474 g/mol. The zero-order chi connectivity index (χ0) is 27.2. The molecule has 1 aliphatic rings. The summed E-state index contributed by atoms with van der Waals surface area (Å²) in [5.41, 5.74) is 5.08. The SMILES string of the molecule is CCc1ccc(C(=O)N2CN(C(=O)c3ccc(CC)cc3)CN(C(=O)c3ccc(CC(C)C)cc3)C2)cc1. The Balaban J connectivity index is 1.60. The molecule has 1 aliphatic heterocycles. The molecule has 198 valence electrons. The predicted molar refractivity (Wildman–Crippen MR) is 150 cm³/mol. The third-order valence-electron chi connectivity index (χ3n) is 6.95. The number of rotatable bonds is 7. The molecule has 0 N–H and O–H groups in total. The number of hydrogen-bond donors (Lipinski definition) is 0. The van der Waals surface area contributed by atoms with Gasteiger partial charge in [0.15, 0.2) is 0 Å². The molecule has 0 spiro atoms. The fourth-order valence-corrected chi connectivity index (χ4v) is 4.71. The molecule has 38 heavy (non-hydrogen) atoms. The van der Waals surface area contributed by atoms with Gasteiger partial charge in [-0.2, -0.15) is 0 Å². The summed E-state index contributed by atoms with van der Waals surface area (Å²) in [4.78, 5) is 45.2. The van der Waals surface area contributed by atoms with Crippen molar-refractivity contribution in [2.75, 3.05) is 20.0 Å². The van der Waals surface area contributed by atoms with E-state index in [1.54, 1.807) is 14.7 Å². The van der Waals surface area contributed by atoms with Crippen LogP contribution in [0.5, 0.6) is 0 Å². The molecule has 6 nitrogen and oxygen atoms in total. The third-order valence-corrected chi connectivity index (χ3v) is 6.95. The summed E-state index contributed by atoms with van der Waals surface area (Å²) in [6.45, 7) is 8.79. The molecule has 1 heterocycles. The summed E-state index contributed by atoms with van der Waals surface area (Å²) in [7, 11) is 0. The van der Waals surface area contributed by atoms with Crippen LogP contribution in [-0.2, 0) is 19.3 Å². The van der Waals surface area contributed by atoms with Crippen LogP contribution in [0.15, 0.2) is 72.8 Å². The smallest absolute Gasteiger partial charge is 0.256 e. The van der Waals surface area contributed by atoms with Crippen molar-refractivity contribution in [3.05, 3.63) is 106 Å². The van der Waals surface area contributed by atoms with Crippen LogP contribution < -0.4 is 0 Å². The molecule has 4 rings (SSSR count). The van der Waals surface area contributed by atoms with Crippen LogP contribution >= 0.6 is 0 Å². The molecule has 0 radical (unpaired) electrons. The molecule has 0 unspecified atom stereocenters. The molecular formula is C32H37N3O3. The zero-order valence-corrected chi connectivity index (χ0v) is 22.8. The van der Waals surface area contributed by atoms with Gasteiger partial charge in [-0.15, -0.1) is 0 Å². The summed E-state index contributed by atoms with van der Waals surface area (Å²) >= 11 is 0. The van der Waals surface area contributed by atoms with Gasteiger partial charge in [-0.05, 0) is 78.3 Å². The van der Waals surface area contributed by atoms with E-state index in [0.717, 1.165) is 30.4 Å². The van der Waals surface area contributed by atoms with Gasteiger partial charge in [0.05, 0.1) is 20.0 Å². The van der Waals surface area contributed by atoms with Crippen LogP contribution in [0.2, 0.25) is 0 Å². The monoisotopic (exact) mass is 511 g/mol. The molecule has 1 saturated heterocycles. The average Bonchev–Trinajstić information content (AvgIpc) is 2.96. The van der Waals surface area contributed by atoms with E-state index in [-0.39, 0.29) is 37.7 Å². The van der Waals surface area contributed by atoms with Crippen molar-refractivity contribution in [2.45, 2.75) is 47.0 Å². The number of benzene rings is 3. The van der Waals surface area contributed by atoms with E-state index in [1.165, 1.54) is 5.56 Å². The van der Waals surface area contributed by atoms with E-state index < -0.39 is 0 Å².